The maximum atomic E-state index is 13.1. The molecule has 6 atom stereocenters. The summed E-state index contributed by atoms with van der Waals surface area (Å²) in [5, 5.41) is 45.0. The maximum absolute atomic E-state index is 13.1. The number of hydrogen-bond donors (Lipinski definition) is 7. The number of nitrogens with two attached hydrogens (primary N) is 1. The normalized spacial score (nSPS) is 16.1. The summed E-state index contributed by atoms with van der Waals surface area (Å²) in [4.78, 5) is 51.1. The van der Waals surface area contributed by atoms with Gasteiger partial charge in [0.25, 0.3) is 5.91 Å². The average Bonchev–Trinajstić information content (AvgIpc) is 2.88. The first kappa shape index (κ1) is 34.0. The van der Waals surface area contributed by atoms with Crippen LogP contribution in [-0.2, 0) is 19.2 Å². The number of amides is 3. The Morgan fingerprint density at radius 2 is 1.54 bits per heavy atom. The SMILES string of the molecule is CC(C)C[C@@H](C(=O)N[C@@H](CO)C[C@@H](O)[C@H](O)C(=O)N[C@@H](CC(=O)O)c1ccccc1)N(C)C(=O)[C@@H](N)C(C)C. The summed E-state index contributed by atoms with van der Waals surface area (Å²) in [7, 11) is 1.48. The van der Waals surface area contributed by atoms with Gasteiger partial charge in [-0.2, -0.15) is 0 Å². The van der Waals surface area contributed by atoms with Crippen LogP contribution in [0.1, 0.15) is 58.6 Å². The lowest BCUT2D eigenvalue weighted by Crippen LogP contribution is -2.56. The fourth-order valence-electron chi connectivity index (χ4n) is 4.00. The van der Waals surface area contributed by atoms with E-state index in [2.05, 4.69) is 10.6 Å². The van der Waals surface area contributed by atoms with Crippen LogP contribution in [0.4, 0.5) is 0 Å². The highest BCUT2D eigenvalue weighted by Crippen LogP contribution is 2.18. The molecule has 0 spiro atoms. The molecule has 0 fully saturated rings. The Morgan fingerprint density at radius 3 is 2.03 bits per heavy atom. The van der Waals surface area contributed by atoms with Crippen LogP contribution in [-0.4, -0.2) is 93.0 Å². The van der Waals surface area contributed by atoms with Crippen molar-refractivity contribution in [3.8, 4) is 0 Å². The number of aliphatic hydroxyl groups excluding tert-OH is 3. The van der Waals surface area contributed by atoms with Gasteiger partial charge >= 0.3 is 5.97 Å². The molecule has 8 N–H and O–H groups in total. The van der Waals surface area contributed by atoms with E-state index in [1.165, 1.54) is 11.9 Å². The van der Waals surface area contributed by atoms with Gasteiger partial charge in [0.2, 0.25) is 11.8 Å². The third kappa shape index (κ3) is 10.9. The molecule has 1 aromatic rings. The number of nitrogens with one attached hydrogen (secondary N) is 2. The molecule has 0 saturated heterocycles. The summed E-state index contributed by atoms with van der Waals surface area (Å²) in [6.45, 7) is 6.75. The second-order valence-electron chi connectivity index (χ2n) is 10.6. The highest BCUT2D eigenvalue weighted by molar-refractivity contribution is 5.90. The van der Waals surface area contributed by atoms with Crippen molar-refractivity contribution in [2.45, 2.75) is 83.3 Å². The van der Waals surface area contributed by atoms with Gasteiger partial charge in [0.05, 0.1) is 37.3 Å². The first-order valence-corrected chi connectivity index (χ1v) is 13.1. The second kappa shape index (κ2) is 16.1. The molecule has 1 rings (SSSR count). The molecule has 1 aromatic carbocycles. The van der Waals surface area contributed by atoms with E-state index in [0.717, 1.165) is 0 Å². The lowest BCUT2D eigenvalue weighted by atomic mass is 9.98. The maximum Gasteiger partial charge on any atom is 0.305 e. The van der Waals surface area contributed by atoms with Gasteiger partial charge in [0.1, 0.15) is 6.04 Å². The molecule has 39 heavy (non-hydrogen) atoms. The van der Waals surface area contributed by atoms with E-state index in [-0.39, 0.29) is 18.3 Å². The molecule has 12 nitrogen and oxygen atoms in total. The highest BCUT2D eigenvalue weighted by Gasteiger charge is 2.34. The zero-order chi connectivity index (χ0) is 29.9. The number of carbonyl (C=O) groups excluding carboxylic acids is 3. The van der Waals surface area contributed by atoms with E-state index in [0.29, 0.717) is 12.0 Å². The summed E-state index contributed by atoms with van der Waals surface area (Å²) in [5.41, 5.74) is 6.49. The molecular formula is C27H44N4O8. The van der Waals surface area contributed by atoms with E-state index in [1.807, 2.05) is 13.8 Å². The van der Waals surface area contributed by atoms with Crippen molar-refractivity contribution in [3.05, 3.63) is 35.9 Å². The zero-order valence-electron chi connectivity index (χ0n) is 23.3. The Balaban J connectivity index is 2.92. The predicted octanol–water partition coefficient (Wildman–Crippen LogP) is -0.236. The fraction of sp³-hybridized carbons (Fsp3) is 0.630. The van der Waals surface area contributed by atoms with Gasteiger partial charge < -0.3 is 41.7 Å². The molecule has 0 bridgehead atoms. The standard InChI is InChI=1S/C27H44N4O8/c1-15(2)11-20(31(5)27(39)23(28)16(3)4)25(37)29-18(14-32)12-21(33)24(36)26(38)30-19(13-22(34)35)17-9-7-6-8-10-17/h6-10,15-16,18-21,23-24,32-33,36H,11-14,28H2,1-5H3,(H,29,37)(H,30,38)(H,34,35)/t18-,19+,20+,21-,23+,24+/m1/s1. The molecule has 0 aromatic heterocycles. The van der Waals surface area contributed by atoms with Gasteiger partial charge in [-0.15, -0.1) is 0 Å². The van der Waals surface area contributed by atoms with Crippen molar-refractivity contribution in [1.29, 1.82) is 0 Å². The Kier molecular flexibility index (Phi) is 14.1. The van der Waals surface area contributed by atoms with Crippen molar-refractivity contribution >= 4 is 23.7 Å². The molecule has 0 unspecified atom stereocenters. The summed E-state index contributed by atoms with van der Waals surface area (Å²) in [6, 6.07) is 4.61. The van der Waals surface area contributed by atoms with Crippen molar-refractivity contribution in [1.82, 2.24) is 15.5 Å². The van der Waals surface area contributed by atoms with E-state index >= 15 is 0 Å². The number of carboxylic acids is 1. The number of benzene rings is 1. The molecular weight excluding hydrogens is 508 g/mol. The van der Waals surface area contributed by atoms with Gasteiger partial charge in [0, 0.05) is 7.05 Å². The number of nitrogens with zero attached hydrogens (tertiary/aromatic N) is 1. The summed E-state index contributed by atoms with van der Waals surface area (Å²) >= 11 is 0. The Morgan fingerprint density at radius 1 is 0.949 bits per heavy atom. The Bertz CT molecular complexity index is 943. The molecule has 0 aliphatic carbocycles. The first-order chi connectivity index (χ1) is 18.2. The second-order valence-corrected chi connectivity index (χ2v) is 10.6. The van der Waals surface area contributed by atoms with Gasteiger partial charge in [0.15, 0.2) is 6.10 Å². The number of carboxylic acid groups (broad SMARTS) is 1. The predicted molar refractivity (Wildman–Crippen MR) is 144 cm³/mol. The molecule has 0 heterocycles. The minimum atomic E-state index is -1.96. The zero-order valence-corrected chi connectivity index (χ0v) is 23.3. The third-order valence-corrected chi connectivity index (χ3v) is 6.44. The van der Waals surface area contributed by atoms with Crippen molar-refractivity contribution in [3.63, 3.8) is 0 Å². The lowest BCUT2D eigenvalue weighted by molar-refractivity contribution is -0.142. The van der Waals surface area contributed by atoms with E-state index in [1.54, 1.807) is 44.2 Å². The van der Waals surface area contributed by atoms with Crippen molar-refractivity contribution in [2.24, 2.45) is 17.6 Å². The molecule has 0 aliphatic heterocycles. The van der Waals surface area contributed by atoms with Crippen molar-refractivity contribution < 1.29 is 39.6 Å². The average molecular weight is 553 g/mol. The minimum Gasteiger partial charge on any atom is -0.481 e. The lowest BCUT2D eigenvalue weighted by Gasteiger charge is -2.33. The molecule has 0 aliphatic rings. The van der Waals surface area contributed by atoms with Gasteiger partial charge in [-0.3, -0.25) is 19.2 Å². The number of hydrogen-bond acceptors (Lipinski definition) is 8. The topological polar surface area (TPSA) is 203 Å². The van der Waals surface area contributed by atoms with Gasteiger partial charge in [-0.25, -0.2) is 0 Å². The summed E-state index contributed by atoms with van der Waals surface area (Å²) in [5.74, 6) is -3.27. The van der Waals surface area contributed by atoms with Crippen LogP contribution in [0, 0.1) is 11.8 Å². The number of carbonyl (C=O) groups is 4. The first-order valence-electron chi connectivity index (χ1n) is 13.1. The number of rotatable bonds is 16. The number of aliphatic hydroxyl groups is 3. The monoisotopic (exact) mass is 552 g/mol. The molecule has 220 valence electrons. The quantitative estimate of drug-likeness (QED) is 0.144. The van der Waals surface area contributed by atoms with Gasteiger partial charge in [-0.05, 0) is 30.2 Å². The number of likely N-dealkylation sites (N-methyl/N-ethyl adjacent to an activating group) is 1. The van der Waals surface area contributed by atoms with Crippen LogP contribution in [0.15, 0.2) is 30.3 Å². The number of aliphatic carboxylic acids is 1. The fourth-order valence-corrected chi connectivity index (χ4v) is 4.00. The Hall–Kier alpha value is -3.06. The highest BCUT2D eigenvalue weighted by atomic mass is 16.4. The molecule has 0 saturated carbocycles. The largest absolute Gasteiger partial charge is 0.481 e. The summed E-state index contributed by atoms with van der Waals surface area (Å²) < 4.78 is 0. The van der Waals surface area contributed by atoms with E-state index in [9.17, 15) is 39.6 Å². The van der Waals surface area contributed by atoms with Crippen LogP contribution in [0.25, 0.3) is 0 Å². The van der Waals surface area contributed by atoms with Crippen LogP contribution in [0.3, 0.4) is 0 Å². The minimum absolute atomic E-state index is 0.0401. The molecule has 3 amide bonds. The van der Waals surface area contributed by atoms with Crippen LogP contribution < -0.4 is 16.4 Å². The van der Waals surface area contributed by atoms with Gasteiger partial charge in [-0.1, -0.05) is 58.0 Å². The smallest absolute Gasteiger partial charge is 0.305 e. The van der Waals surface area contributed by atoms with E-state index in [4.69, 9.17) is 5.73 Å². The third-order valence-electron chi connectivity index (χ3n) is 6.44. The van der Waals surface area contributed by atoms with Crippen LogP contribution >= 0.6 is 0 Å². The van der Waals surface area contributed by atoms with E-state index < -0.39 is 73.1 Å². The summed E-state index contributed by atoms with van der Waals surface area (Å²) in [6.07, 6.45) is -4.17. The van der Waals surface area contributed by atoms with Crippen molar-refractivity contribution in [2.75, 3.05) is 13.7 Å². The molecule has 12 heteroatoms. The van der Waals surface area contributed by atoms with Crippen LogP contribution in [0.2, 0.25) is 0 Å². The molecule has 0 radical (unpaired) electrons. The Labute approximate surface area is 229 Å². The van der Waals surface area contributed by atoms with Crippen LogP contribution in [0.5, 0.6) is 0 Å².